The van der Waals surface area contributed by atoms with Gasteiger partial charge in [-0.05, 0) is 44.6 Å². The first-order valence-corrected chi connectivity index (χ1v) is 8.56. The number of nitrogens with one attached hydrogen (secondary N) is 1. The molecule has 0 aromatic carbocycles. The fraction of sp³-hybridized carbons (Fsp3) is 0.562. The molecule has 5 nitrogen and oxygen atoms in total. The first-order chi connectivity index (χ1) is 10.5. The molecule has 0 spiro atoms. The van der Waals surface area contributed by atoms with E-state index in [2.05, 4.69) is 17.2 Å². The maximum atomic E-state index is 12.7. The predicted molar refractivity (Wildman–Crippen MR) is 88.3 cm³/mol. The number of fused-ring (bicyclic) bond motifs is 3. The summed E-state index contributed by atoms with van der Waals surface area (Å²) in [5.41, 5.74) is 1.07. The van der Waals surface area contributed by atoms with Crippen molar-refractivity contribution >= 4 is 27.5 Å². The van der Waals surface area contributed by atoms with Gasteiger partial charge in [0.05, 0.1) is 11.7 Å². The van der Waals surface area contributed by atoms with Crippen molar-refractivity contribution in [3.63, 3.8) is 0 Å². The third kappa shape index (κ3) is 2.79. The number of hydrogen-bond acceptors (Lipinski definition) is 4. The topological polar surface area (TPSA) is 64.0 Å². The number of thiophene rings is 1. The van der Waals surface area contributed by atoms with Gasteiger partial charge in [-0.1, -0.05) is 6.92 Å². The SMILES string of the molecule is CC1CCc2c(sc3ncn(CC(=O)NC(C)C)c(=O)c23)C1. The Balaban J connectivity index is 1.99. The van der Waals surface area contributed by atoms with Crippen LogP contribution in [0.1, 0.15) is 37.6 Å². The molecule has 1 unspecified atom stereocenters. The van der Waals surface area contributed by atoms with Crippen molar-refractivity contribution in [2.75, 3.05) is 0 Å². The molecule has 0 radical (unpaired) electrons. The Labute approximate surface area is 133 Å². The lowest BCUT2D eigenvalue weighted by atomic mass is 9.89. The van der Waals surface area contributed by atoms with Crippen LogP contribution in [0.3, 0.4) is 0 Å². The molecule has 22 heavy (non-hydrogen) atoms. The van der Waals surface area contributed by atoms with E-state index in [0.717, 1.165) is 35.0 Å². The summed E-state index contributed by atoms with van der Waals surface area (Å²) in [6.45, 7) is 6.08. The largest absolute Gasteiger partial charge is 0.352 e. The molecule has 3 rings (SSSR count). The summed E-state index contributed by atoms with van der Waals surface area (Å²) in [7, 11) is 0. The van der Waals surface area contributed by atoms with Crippen molar-refractivity contribution in [2.24, 2.45) is 5.92 Å². The lowest BCUT2D eigenvalue weighted by Crippen LogP contribution is -2.36. The van der Waals surface area contributed by atoms with Crippen molar-refractivity contribution in [1.82, 2.24) is 14.9 Å². The van der Waals surface area contributed by atoms with Crippen LogP contribution in [0, 0.1) is 5.92 Å². The zero-order chi connectivity index (χ0) is 15.9. The third-order valence-corrected chi connectivity index (χ3v) is 5.21. The Bertz CT molecular complexity index is 776. The van der Waals surface area contributed by atoms with E-state index in [9.17, 15) is 9.59 Å². The van der Waals surface area contributed by atoms with Crippen LogP contribution in [0.2, 0.25) is 0 Å². The molecule has 1 amide bonds. The van der Waals surface area contributed by atoms with Gasteiger partial charge in [-0.25, -0.2) is 4.98 Å². The molecule has 6 heteroatoms. The van der Waals surface area contributed by atoms with E-state index in [4.69, 9.17) is 0 Å². The molecular weight excluding hydrogens is 298 g/mol. The van der Waals surface area contributed by atoms with Crippen LogP contribution in [0.15, 0.2) is 11.1 Å². The first kappa shape index (κ1) is 15.2. The summed E-state index contributed by atoms with van der Waals surface area (Å²) in [5.74, 6) is 0.510. The maximum Gasteiger partial charge on any atom is 0.262 e. The molecular formula is C16H21N3O2S. The van der Waals surface area contributed by atoms with E-state index in [1.54, 1.807) is 11.3 Å². The van der Waals surface area contributed by atoms with Gasteiger partial charge in [0.2, 0.25) is 5.91 Å². The average Bonchev–Trinajstić information content (AvgIpc) is 2.79. The van der Waals surface area contributed by atoms with Crippen molar-refractivity contribution < 1.29 is 4.79 Å². The zero-order valence-electron chi connectivity index (χ0n) is 13.2. The molecule has 2 aromatic rings. The number of nitrogens with zero attached hydrogens (tertiary/aromatic N) is 2. The molecule has 0 bridgehead atoms. The standard InChI is InChI=1S/C16H21N3O2S/c1-9(2)18-13(20)7-19-8-17-15-14(16(19)21)11-5-4-10(3)6-12(11)22-15/h8-10H,4-7H2,1-3H3,(H,18,20). The van der Waals surface area contributed by atoms with E-state index in [1.165, 1.54) is 15.8 Å². The van der Waals surface area contributed by atoms with Gasteiger partial charge in [-0.2, -0.15) is 0 Å². The lowest BCUT2D eigenvalue weighted by molar-refractivity contribution is -0.122. The Morgan fingerprint density at radius 1 is 1.55 bits per heavy atom. The molecule has 0 saturated heterocycles. The highest BCUT2D eigenvalue weighted by atomic mass is 32.1. The summed E-state index contributed by atoms with van der Waals surface area (Å²) >= 11 is 1.63. The highest BCUT2D eigenvalue weighted by Gasteiger charge is 2.23. The van der Waals surface area contributed by atoms with Gasteiger partial charge in [0.25, 0.3) is 5.56 Å². The van der Waals surface area contributed by atoms with E-state index in [1.807, 2.05) is 13.8 Å². The second-order valence-corrected chi connectivity index (χ2v) is 7.52. The van der Waals surface area contributed by atoms with Crippen molar-refractivity contribution in [2.45, 2.75) is 52.6 Å². The lowest BCUT2D eigenvalue weighted by Gasteiger charge is -2.17. The van der Waals surface area contributed by atoms with Gasteiger partial charge in [0, 0.05) is 10.9 Å². The number of carbonyl (C=O) groups is 1. The Morgan fingerprint density at radius 3 is 3.05 bits per heavy atom. The van der Waals surface area contributed by atoms with Crippen molar-refractivity contribution in [1.29, 1.82) is 0 Å². The highest BCUT2D eigenvalue weighted by molar-refractivity contribution is 7.18. The Hall–Kier alpha value is -1.69. The van der Waals surface area contributed by atoms with Crippen LogP contribution in [0.5, 0.6) is 0 Å². The first-order valence-electron chi connectivity index (χ1n) is 7.74. The van der Waals surface area contributed by atoms with Gasteiger partial charge < -0.3 is 5.32 Å². The molecule has 0 aliphatic heterocycles. The number of aromatic nitrogens is 2. The van der Waals surface area contributed by atoms with Gasteiger partial charge >= 0.3 is 0 Å². The van der Waals surface area contributed by atoms with Gasteiger partial charge in [-0.15, -0.1) is 11.3 Å². The molecule has 1 aliphatic rings. The molecule has 0 saturated carbocycles. The smallest absolute Gasteiger partial charge is 0.262 e. The number of hydrogen-bond donors (Lipinski definition) is 1. The molecule has 0 fully saturated rings. The fourth-order valence-electron chi connectivity index (χ4n) is 3.00. The van der Waals surface area contributed by atoms with Crippen LogP contribution in [0.25, 0.3) is 10.2 Å². The second kappa shape index (κ2) is 5.83. The monoisotopic (exact) mass is 319 g/mol. The molecule has 1 aliphatic carbocycles. The molecule has 118 valence electrons. The summed E-state index contributed by atoms with van der Waals surface area (Å²) < 4.78 is 1.42. The normalized spacial score (nSPS) is 17.7. The van der Waals surface area contributed by atoms with E-state index < -0.39 is 0 Å². The number of aryl methyl sites for hydroxylation is 1. The number of carbonyl (C=O) groups excluding carboxylic acids is 1. The third-order valence-electron chi connectivity index (χ3n) is 4.05. The fourth-order valence-corrected chi connectivity index (χ4v) is 4.34. The number of amides is 1. The van der Waals surface area contributed by atoms with Gasteiger partial charge in [-0.3, -0.25) is 14.2 Å². The van der Waals surface area contributed by atoms with Crippen LogP contribution in [-0.2, 0) is 24.2 Å². The summed E-state index contributed by atoms with van der Waals surface area (Å²) in [6, 6.07) is 0.0651. The number of rotatable bonds is 3. The van der Waals surface area contributed by atoms with Crippen LogP contribution < -0.4 is 10.9 Å². The quantitative estimate of drug-likeness (QED) is 0.942. The second-order valence-electron chi connectivity index (χ2n) is 6.43. The average molecular weight is 319 g/mol. The summed E-state index contributed by atoms with van der Waals surface area (Å²) in [5, 5.41) is 3.53. The Kier molecular flexibility index (Phi) is 4.04. The van der Waals surface area contributed by atoms with E-state index >= 15 is 0 Å². The minimum Gasteiger partial charge on any atom is -0.352 e. The minimum absolute atomic E-state index is 0.0287. The molecule has 2 heterocycles. The summed E-state index contributed by atoms with van der Waals surface area (Å²) in [4.78, 5) is 31.1. The predicted octanol–water partition coefficient (Wildman–Crippen LogP) is 2.11. The van der Waals surface area contributed by atoms with E-state index in [0.29, 0.717) is 5.92 Å². The van der Waals surface area contributed by atoms with Crippen molar-refractivity contribution in [3.05, 3.63) is 27.1 Å². The van der Waals surface area contributed by atoms with Crippen LogP contribution in [-0.4, -0.2) is 21.5 Å². The Morgan fingerprint density at radius 2 is 2.32 bits per heavy atom. The van der Waals surface area contributed by atoms with Gasteiger partial charge in [0.15, 0.2) is 0 Å². The van der Waals surface area contributed by atoms with E-state index in [-0.39, 0.29) is 24.1 Å². The maximum absolute atomic E-state index is 12.7. The van der Waals surface area contributed by atoms with Gasteiger partial charge in [0.1, 0.15) is 11.4 Å². The molecule has 2 aromatic heterocycles. The zero-order valence-corrected chi connectivity index (χ0v) is 14.0. The summed E-state index contributed by atoms with van der Waals surface area (Å²) in [6.07, 6.45) is 4.58. The molecule has 1 N–H and O–H groups in total. The van der Waals surface area contributed by atoms with Crippen molar-refractivity contribution in [3.8, 4) is 0 Å². The minimum atomic E-state index is -0.157. The van der Waals surface area contributed by atoms with Crippen LogP contribution >= 0.6 is 11.3 Å². The van der Waals surface area contributed by atoms with Crippen LogP contribution in [0.4, 0.5) is 0 Å². The molecule has 1 atom stereocenters. The highest BCUT2D eigenvalue weighted by Crippen LogP contribution is 2.35.